The zero-order valence-corrected chi connectivity index (χ0v) is 17.8. The van der Waals surface area contributed by atoms with Crippen molar-refractivity contribution in [3.05, 3.63) is 65.4 Å². The van der Waals surface area contributed by atoms with Crippen LogP contribution in [-0.4, -0.2) is 38.1 Å². The summed E-state index contributed by atoms with van der Waals surface area (Å²) in [6.45, 7) is -0.253. The van der Waals surface area contributed by atoms with E-state index in [4.69, 9.17) is 5.10 Å². The number of amides is 1. The molecule has 4 aromatic rings. The first-order chi connectivity index (χ1) is 15.6. The summed E-state index contributed by atoms with van der Waals surface area (Å²) >= 11 is 1.29. The molecule has 1 aromatic carbocycles. The van der Waals surface area contributed by atoms with Gasteiger partial charge < -0.3 is 9.84 Å². The molecule has 1 amide bonds. The van der Waals surface area contributed by atoms with Gasteiger partial charge in [0.05, 0.1) is 35.7 Å². The van der Waals surface area contributed by atoms with Gasteiger partial charge in [0.1, 0.15) is 11.5 Å². The number of carbonyl (C=O) groups excluding carboxylic acids is 1. The Hall–Kier alpha value is -3.63. The molecule has 1 aliphatic rings. The van der Waals surface area contributed by atoms with Crippen molar-refractivity contribution in [3.8, 4) is 27.5 Å². The molecule has 0 aliphatic heterocycles. The third-order valence-electron chi connectivity index (χ3n) is 5.26. The van der Waals surface area contributed by atoms with Gasteiger partial charge in [-0.05, 0) is 42.7 Å². The number of aryl methyl sites for hydroxylation is 1. The summed E-state index contributed by atoms with van der Waals surface area (Å²) in [5.74, 6) is -0.496. The maximum absolute atomic E-state index is 15.0. The van der Waals surface area contributed by atoms with E-state index in [1.165, 1.54) is 24.5 Å². The molecule has 162 valence electrons. The van der Waals surface area contributed by atoms with Crippen molar-refractivity contribution < 1.29 is 19.0 Å². The second-order valence-corrected chi connectivity index (χ2v) is 8.18. The van der Waals surface area contributed by atoms with Crippen molar-refractivity contribution in [3.63, 3.8) is 0 Å². The van der Waals surface area contributed by atoms with Crippen LogP contribution in [0.2, 0.25) is 0 Å². The average molecular weight is 451 g/mol. The Kier molecular flexibility index (Phi) is 5.16. The van der Waals surface area contributed by atoms with Gasteiger partial charge >= 0.3 is 6.09 Å². The number of aromatic nitrogens is 4. The lowest BCUT2D eigenvalue weighted by Gasteiger charge is -2.14. The molecule has 32 heavy (non-hydrogen) atoms. The second kappa shape index (κ2) is 8.13. The average Bonchev–Trinajstić information content (AvgIpc) is 3.40. The number of rotatable bonds is 4. The topological polar surface area (TPSA) is 102 Å². The number of aliphatic hydroxyl groups excluding tert-OH is 1. The Morgan fingerprint density at radius 1 is 1.34 bits per heavy atom. The van der Waals surface area contributed by atoms with Crippen LogP contribution in [-0.2, 0) is 24.2 Å². The number of carbonyl (C=O) groups is 1. The number of hydrogen-bond donors (Lipinski definition) is 2. The first kappa shape index (κ1) is 20.3. The van der Waals surface area contributed by atoms with E-state index in [2.05, 4.69) is 20.0 Å². The van der Waals surface area contributed by atoms with Crippen LogP contribution >= 0.6 is 11.3 Å². The number of halogens is 1. The number of ether oxygens (including phenoxy) is 1. The largest absolute Gasteiger partial charge is 0.453 e. The van der Waals surface area contributed by atoms with Crippen LogP contribution < -0.4 is 5.32 Å². The monoisotopic (exact) mass is 451 g/mol. The molecular formula is C22H18FN5O3S. The highest BCUT2D eigenvalue weighted by Gasteiger charge is 2.30. The zero-order valence-electron chi connectivity index (χ0n) is 17.0. The van der Waals surface area contributed by atoms with Gasteiger partial charge in [0.25, 0.3) is 0 Å². The number of nitrogens with one attached hydrogen (secondary N) is 1. The summed E-state index contributed by atoms with van der Waals surface area (Å²) in [6, 6.07) is 8.31. The molecule has 3 heterocycles. The molecule has 0 saturated carbocycles. The Labute approximate surface area is 186 Å². The van der Waals surface area contributed by atoms with Crippen molar-refractivity contribution in [1.29, 1.82) is 0 Å². The minimum absolute atomic E-state index is 0.253. The summed E-state index contributed by atoms with van der Waals surface area (Å²) in [4.78, 5) is 21.2. The van der Waals surface area contributed by atoms with Gasteiger partial charge in [0.15, 0.2) is 5.13 Å². The highest BCUT2D eigenvalue weighted by Crippen LogP contribution is 2.44. The molecule has 0 unspecified atom stereocenters. The van der Waals surface area contributed by atoms with Crippen LogP contribution in [0.3, 0.4) is 0 Å². The molecule has 1 aliphatic carbocycles. The number of anilines is 1. The molecule has 0 spiro atoms. The lowest BCUT2D eigenvalue weighted by molar-refractivity contribution is 0.187. The number of nitrogens with zero attached hydrogens (tertiary/aromatic N) is 4. The van der Waals surface area contributed by atoms with Gasteiger partial charge in [-0.2, -0.15) is 5.10 Å². The van der Waals surface area contributed by atoms with Crippen LogP contribution in [0.4, 0.5) is 14.3 Å². The fourth-order valence-electron chi connectivity index (χ4n) is 3.79. The van der Waals surface area contributed by atoms with Crippen LogP contribution in [0.25, 0.3) is 27.5 Å². The molecule has 0 fully saturated rings. The minimum atomic E-state index is -0.605. The third kappa shape index (κ3) is 3.43. The van der Waals surface area contributed by atoms with Crippen LogP contribution in [0, 0.1) is 5.82 Å². The van der Waals surface area contributed by atoms with Crippen molar-refractivity contribution in [2.75, 3.05) is 12.4 Å². The van der Waals surface area contributed by atoms with E-state index in [1.807, 2.05) is 12.1 Å². The standard InChI is InChI=1S/C22H18FN5O3S/c1-31-22(30)26-21-25-16-6-5-14-18(13-3-2-8-24-10-13)27-28(19(14)20(16)32-21)17-7-4-12(11-29)9-15(17)23/h2-4,7-10,29H,5-6,11H2,1H3,(H,25,26,30). The zero-order chi connectivity index (χ0) is 22.2. The summed E-state index contributed by atoms with van der Waals surface area (Å²) in [5.41, 5.74) is 4.79. The van der Waals surface area contributed by atoms with Gasteiger partial charge in [0.2, 0.25) is 0 Å². The van der Waals surface area contributed by atoms with Crippen molar-refractivity contribution in [2.24, 2.45) is 0 Å². The van der Waals surface area contributed by atoms with E-state index in [0.717, 1.165) is 33.1 Å². The molecule has 2 N–H and O–H groups in total. The molecule has 10 heteroatoms. The van der Waals surface area contributed by atoms with Crippen molar-refractivity contribution in [1.82, 2.24) is 19.7 Å². The predicted molar refractivity (Wildman–Crippen MR) is 117 cm³/mol. The number of thiazole rings is 1. The number of fused-ring (bicyclic) bond motifs is 3. The quantitative estimate of drug-likeness (QED) is 0.487. The Bertz CT molecular complexity index is 1320. The highest BCUT2D eigenvalue weighted by atomic mass is 32.1. The van der Waals surface area contributed by atoms with E-state index >= 15 is 4.39 Å². The van der Waals surface area contributed by atoms with Crippen LogP contribution in [0.5, 0.6) is 0 Å². The maximum atomic E-state index is 15.0. The van der Waals surface area contributed by atoms with Crippen molar-refractivity contribution >= 4 is 22.6 Å². The fourth-order valence-corrected chi connectivity index (χ4v) is 4.85. The summed E-state index contributed by atoms with van der Waals surface area (Å²) in [5, 5.41) is 17.1. The van der Waals surface area contributed by atoms with Crippen LogP contribution in [0.15, 0.2) is 42.7 Å². The Balaban J connectivity index is 1.72. The molecular weight excluding hydrogens is 433 g/mol. The smallest absolute Gasteiger partial charge is 0.413 e. The first-order valence-corrected chi connectivity index (χ1v) is 10.7. The van der Waals surface area contributed by atoms with Gasteiger partial charge in [-0.1, -0.05) is 17.4 Å². The SMILES string of the molecule is COC(=O)Nc1nc2c(s1)-c1c(c(-c3cccnc3)nn1-c1ccc(CO)cc1F)CC2. The summed E-state index contributed by atoms with van der Waals surface area (Å²) in [7, 11) is 1.29. The van der Waals surface area contributed by atoms with E-state index in [1.54, 1.807) is 29.2 Å². The maximum Gasteiger partial charge on any atom is 0.413 e. The molecule has 0 atom stereocenters. The minimum Gasteiger partial charge on any atom is -0.453 e. The summed E-state index contributed by atoms with van der Waals surface area (Å²) in [6.07, 6.45) is 4.12. The number of benzene rings is 1. The third-order valence-corrected chi connectivity index (χ3v) is 6.28. The van der Waals surface area contributed by atoms with Crippen molar-refractivity contribution in [2.45, 2.75) is 19.4 Å². The number of aliphatic hydroxyl groups is 1. The lowest BCUT2D eigenvalue weighted by Crippen LogP contribution is -2.10. The number of hydrogen-bond acceptors (Lipinski definition) is 7. The number of pyridine rings is 1. The molecule has 0 radical (unpaired) electrons. The molecule has 0 bridgehead atoms. The molecule has 8 nitrogen and oxygen atoms in total. The van der Waals surface area contributed by atoms with Crippen LogP contribution in [0.1, 0.15) is 16.8 Å². The van der Waals surface area contributed by atoms with Gasteiger partial charge in [-0.15, -0.1) is 0 Å². The van der Waals surface area contributed by atoms with E-state index in [-0.39, 0.29) is 12.3 Å². The summed E-state index contributed by atoms with van der Waals surface area (Å²) < 4.78 is 21.3. The van der Waals surface area contributed by atoms with E-state index in [9.17, 15) is 9.90 Å². The van der Waals surface area contributed by atoms with E-state index in [0.29, 0.717) is 23.5 Å². The highest BCUT2D eigenvalue weighted by molar-refractivity contribution is 7.19. The first-order valence-electron chi connectivity index (χ1n) is 9.86. The lowest BCUT2D eigenvalue weighted by atomic mass is 9.95. The molecule has 5 rings (SSSR count). The Morgan fingerprint density at radius 3 is 2.94 bits per heavy atom. The Morgan fingerprint density at radius 2 is 2.22 bits per heavy atom. The normalized spacial score (nSPS) is 12.2. The fraction of sp³-hybridized carbons (Fsp3) is 0.182. The second-order valence-electron chi connectivity index (χ2n) is 7.18. The van der Waals surface area contributed by atoms with Gasteiger partial charge in [0, 0.05) is 23.5 Å². The molecule has 3 aromatic heterocycles. The predicted octanol–water partition coefficient (Wildman–Crippen LogP) is 3.97. The number of methoxy groups -OCH3 is 1. The van der Waals surface area contributed by atoms with E-state index < -0.39 is 11.9 Å². The molecule has 0 saturated heterocycles. The van der Waals surface area contributed by atoms with Gasteiger partial charge in [-0.25, -0.2) is 18.9 Å². The van der Waals surface area contributed by atoms with Gasteiger partial charge in [-0.3, -0.25) is 10.3 Å².